The minimum atomic E-state index is 0.307. The molecule has 0 atom stereocenters. The number of amides is 1. The van der Waals surface area contributed by atoms with E-state index in [1.165, 1.54) is 6.42 Å². The number of rotatable bonds is 1. The lowest BCUT2D eigenvalue weighted by Gasteiger charge is -2.26. The van der Waals surface area contributed by atoms with Crippen molar-refractivity contribution in [2.45, 2.75) is 19.3 Å². The van der Waals surface area contributed by atoms with Crippen LogP contribution in [-0.2, 0) is 4.79 Å². The molecule has 0 heterocycles. The molecule has 1 aliphatic rings. The minimum absolute atomic E-state index is 0.307. The number of hydrogen-bond acceptors (Lipinski definition) is 1. The van der Waals surface area contributed by atoms with E-state index in [0.717, 1.165) is 12.8 Å². The Morgan fingerprint density at radius 3 is 2.11 bits per heavy atom. The molecule has 0 aromatic heterocycles. The molecule has 0 N–H and O–H groups in total. The van der Waals surface area contributed by atoms with E-state index in [9.17, 15) is 4.79 Å². The number of carbonyl (C=O) groups is 1. The fraction of sp³-hybridized carbons (Fsp3) is 0.857. The van der Waals surface area contributed by atoms with Crippen molar-refractivity contribution in [3.05, 3.63) is 0 Å². The topological polar surface area (TPSA) is 20.3 Å². The summed E-state index contributed by atoms with van der Waals surface area (Å²) >= 11 is 0. The third-order valence-corrected chi connectivity index (χ3v) is 1.90. The van der Waals surface area contributed by atoms with Crippen molar-refractivity contribution in [2.75, 3.05) is 14.1 Å². The third kappa shape index (κ3) is 1.23. The monoisotopic (exact) mass is 127 g/mol. The summed E-state index contributed by atoms with van der Waals surface area (Å²) < 4.78 is 0. The first-order chi connectivity index (χ1) is 4.22. The van der Waals surface area contributed by atoms with Crippen molar-refractivity contribution in [1.29, 1.82) is 0 Å². The van der Waals surface area contributed by atoms with E-state index in [-0.39, 0.29) is 0 Å². The molecule has 1 saturated carbocycles. The van der Waals surface area contributed by atoms with Gasteiger partial charge in [0.15, 0.2) is 0 Å². The molecule has 1 fully saturated rings. The minimum Gasteiger partial charge on any atom is -0.349 e. The van der Waals surface area contributed by atoms with E-state index < -0.39 is 0 Å². The van der Waals surface area contributed by atoms with E-state index in [1.54, 1.807) is 4.90 Å². The smallest absolute Gasteiger partial charge is 0.225 e. The molecular formula is C7H13NO. The predicted molar refractivity (Wildman–Crippen MR) is 36.0 cm³/mol. The van der Waals surface area contributed by atoms with E-state index in [4.69, 9.17) is 0 Å². The lowest BCUT2D eigenvalue weighted by atomic mass is 9.84. The molecule has 2 nitrogen and oxygen atoms in total. The van der Waals surface area contributed by atoms with E-state index in [0.29, 0.717) is 11.8 Å². The molecule has 0 saturated heterocycles. The van der Waals surface area contributed by atoms with Gasteiger partial charge < -0.3 is 4.90 Å². The number of nitrogens with zero attached hydrogens (tertiary/aromatic N) is 1. The fourth-order valence-electron chi connectivity index (χ4n) is 1.02. The van der Waals surface area contributed by atoms with E-state index in [1.807, 2.05) is 14.1 Å². The van der Waals surface area contributed by atoms with Crippen LogP contribution in [0.15, 0.2) is 0 Å². The van der Waals surface area contributed by atoms with Crippen LogP contribution in [0.3, 0.4) is 0 Å². The summed E-state index contributed by atoms with van der Waals surface area (Å²) in [4.78, 5) is 12.7. The molecular weight excluding hydrogens is 114 g/mol. The van der Waals surface area contributed by atoms with Crippen LogP contribution in [-0.4, -0.2) is 24.9 Å². The van der Waals surface area contributed by atoms with Crippen LogP contribution in [0, 0.1) is 5.92 Å². The Balaban J connectivity index is 2.32. The fourth-order valence-corrected chi connectivity index (χ4v) is 1.02. The first-order valence-electron chi connectivity index (χ1n) is 3.43. The molecule has 0 aromatic rings. The van der Waals surface area contributed by atoms with Crippen LogP contribution < -0.4 is 0 Å². The predicted octanol–water partition coefficient (Wildman–Crippen LogP) is 0.875. The Hall–Kier alpha value is -0.530. The highest BCUT2D eigenvalue weighted by atomic mass is 16.2. The van der Waals surface area contributed by atoms with Crippen molar-refractivity contribution in [1.82, 2.24) is 4.90 Å². The molecule has 0 bridgehead atoms. The summed E-state index contributed by atoms with van der Waals surface area (Å²) in [6.07, 6.45) is 3.46. The first-order valence-corrected chi connectivity index (χ1v) is 3.43. The van der Waals surface area contributed by atoms with Crippen LogP contribution in [0.2, 0.25) is 0 Å². The number of hydrogen-bond donors (Lipinski definition) is 0. The lowest BCUT2D eigenvalue weighted by molar-refractivity contribution is -0.135. The summed E-state index contributed by atoms with van der Waals surface area (Å²) in [7, 11) is 3.64. The van der Waals surface area contributed by atoms with Gasteiger partial charge in [0.25, 0.3) is 0 Å². The highest BCUT2D eigenvalue weighted by Gasteiger charge is 2.25. The van der Waals surface area contributed by atoms with Gasteiger partial charge in [-0.2, -0.15) is 0 Å². The van der Waals surface area contributed by atoms with Crippen molar-refractivity contribution in [3.63, 3.8) is 0 Å². The highest BCUT2D eigenvalue weighted by Crippen LogP contribution is 2.27. The average molecular weight is 127 g/mol. The van der Waals surface area contributed by atoms with E-state index >= 15 is 0 Å². The zero-order valence-corrected chi connectivity index (χ0v) is 6.05. The van der Waals surface area contributed by atoms with Gasteiger partial charge in [-0.1, -0.05) is 6.42 Å². The largest absolute Gasteiger partial charge is 0.349 e. The van der Waals surface area contributed by atoms with Gasteiger partial charge >= 0.3 is 0 Å². The second-order valence-electron chi connectivity index (χ2n) is 2.86. The van der Waals surface area contributed by atoms with Gasteiger partial charge in [-0.25, -0.2) is 0 Å². The molecule has 1 rings (SSSR count). The van der Waals surface area contributed by atoms with Gasteiger partial charge in [-0.15, -0.1) is 0 Å². The van der Waals surface area contributed by atoms with Crippen molar-refractivity contribution < 1.29 is 4.79 Å². The molecule has 2 heteroatoms. The van der Waals surface area contributed by atoms with Gasteiger partial charge in [0.05, 0.1) is 0 Å². The third-order valence-electron chi connectivity index (χ3n) is 1.90. The Kier molecular flexibility index (Phi) is 1.74. The zero-order chi connectivity index (χ0) is 6.85. The normalized spacial score (nSPS) is 18.9. The molecule has 1 amide bonds. The van der Waals surface area contributed by atoms with Gasteiger partial charge in [-0.3, -0.25) is 4.79 Å². The van der Waals surface area contributed by atoms with Gasteiger partial charge in [0.2, 0.25) is 5.91 Å². The molecule has 0 aromatic carbocycles. The van der Waals surface area contributed by atoms with Crippen LogP contribution in [0.4, 0.5) is 0 Å². The van der Waals surface area contributed by atoms with Crippen LogP contribution in [0.25, 0.3) is 0 Å². The van der Waals surface area contributed by atoms with E-state index in [2.05, 4.69) is 0 Å². The average Bonchev–Trinajstić information content (AvgIpc) is 1.60. The summed E-state index contributed by atoms with van der Waals surface area (Å²) in [5.41, 5.74) is 0. The molecule has 1 aliphatic carbocycles. The molecule has 9 heavy (non-hydrogen) atoms. The van der Waals surface area contributed by atoms with Crippen molar-refractivity contribution in [2.24, 2.45) is 5.92 Å². The summed E-state index contributed by atoms with van der Waals surface area (Å²) in [6.45, 7) is 0. The van der Waals surface area contributed by atoms with Crippen molar-refractivity contribution in [3.8, 4) is 0 Å². The maximum absolute atomic E-state index is 11.1. The first kappa shape index (κ1) is 6.59. The van der Waals surface area contributed by atoms with Crippen LogP contribution >= 0.6 is 0 Å². The maximum Gasteiger partial charge on any atom is 0.225 e. The van der Waals surface area contributed by atoms with Gasteiger partial charge in [0.1, 0.15) is 0 Å². The molecule has 0 spiro atoms. The van der Waals surface area contributed by atoms with Crippen molar-refractivity contribution >= 4 is 5.91 Å². The summed E-state index contributed by atoms with van der Waals surface area (Å²) in [5.74, 6) is 0.668. The molecule has 0 radical (unpaired) electrons. The zero-order valence-electron chi connectivity index (χ0n) is 6.05. The van der Waals surface area contributed by atoms with Crippen LogP contribution in [0.1, 0.15) is 19.3 Å². The van der Waals surface area contributed by atoms with Gasteiger partial charge in [0, 0.05) is 20.0 Å². The molecule has 0 unspecified atom stereocenters. The summed E-state index contributed by atoms with van der Waals surface area (Å²) in [5, 5.41) is 0. The number of carbonyl (C=O) groups excluding carboxylic acids is 1. The Labute approximate surface area is 55.8 Å². The Bertz CT molecular complexity index is 116. The van der Waals surface area contributed by atoms with Crippen LogP contribution in [0.5, 0.6) is 0 Å². The Morgan fingerprint density at radius 2 is 2.00 bits per heavy atom. The Morgan fingerprint density at radius 1 is 1.44 bits per heavy atom. The standard InChI is InChI=1S/C7H13NO/c1-8(2)7(9)6-4-3-5-6/h6H,3-5H2,1-2H3. The second-order valence-corrected chi connectivity index (χ2v) is 2.86. The molecule has 52 valence electrons. The molecule has 0 aliphatic heterocycles. The SMILES string of the molecule is CN(C)C(=O)C1CCC1. The highest BCUT2D eigenvalue weighted by molar-refractivity contribution is 5.78. The maximum atomic E-state index is 11.1. The van der Waals surface area contributed by atoms with Gasteiger partial charge in [-0.05, 0) is 12.8 Å². The summed E-state index contributed by atoms with van der Waals surface area (Å²) in [6, 6.07) is 0. The lowest BCUT2D eigenvalue weighted by Crippen LogP contribution is -2.33. The quantitative estimate of drug-likeness (QED) is 0.512. The second kappa shape index (κ2) is 2.38.